The van der Waals surface area contributed by atoms with E-state index in [1.807, 2.05) is 17.9 Å². The zero-order valence-electron chi connectivity index (χ0n) is 19.6. The van der Waals surface area contributed by atoms with Crippen LogP contribution in [0, 0.1) is 11.3 Å². The number of piperidine rings is 2. The number of hydrogen-bond acceptors (Lipinski definition) is 4. The lowest BCUT2D eigenvalue weighted by Crippen LogP contribution is -2.51. The largest absolute Gasteiger partial charge is 0.466 e. The van der Waals surface area contributed by atoms with E-state index in [1.165, 1.54) is 5.56 Å². The fourth-order valence-electron chi connectivity index (χ4n) is 5.21. The Kier molecular flexibility index (Phi) is 8.53. The molecule has 0 N–H and O–H groups in total. The van der Waals surface area contributed by atoms with E-state index in [0.29, 0.717) is 38.6 Å². The molecular formula is C26H40N2O3. The third kappa shape index (κ3) is 6.09. The molecule has 1 aromatic carbocycles. The molecule has 2 aliphatic heterocycles. The van der Waals surface area contributed by atoms with Crippen molar-refractivity contribution < 1.29 is 14.3 Å². The summed E-state index contributed by atoms with van der Waals surface area (Å²) in [5.41, 5.74) is 0.860. The summed E-state index contributed by atoms with van der Waals surface area (Å²) in [4.78, 5) is 30.6. The molecular weight excluding hydrogens is 388 g/mol. The van der Waals surface area contributed by atoms with Crippen LogP contribution in [0.3, 0.4) is 0 Å². The van der Waals surface area contributed by atoms with E-state index < -0.39 is 5.41 Å². The van der Waals surface area contributed by atoms with Gasteiger partial charge in [-0.25, -0.2) is 0 Å². The highest BCUT2D eigenvalue weighted by Gasteiger charge is 2.44. The fourth-order valence-corrected chi connectivity index (χ4v) is 5.21. The Balaban J connectivity index is 1.58. The van der Waals surface area contributed by atoms with Crippen molar-refractivity contribution in [3.8, 4) is 0 Å². The molecule has 0 aliphatic carbocycles. The lowest BCUT2D eigenvalue weighted by Gasteiger charge is -2.42. The maximum absolute atomic E-state index is 13.2. The van der Waals surface area contributed by atoms with Crippen molar-refractivity contribution in [1.29, 1.82) is 0 Å². The number of carbonyl (C=O) groups excluding carboxylic acids is 2. The quantitative estimate of drug-likeness (QED) is 0.579. The summed E-state index contributed by atoms with van der Waals surface area (Å²) in [6, 6.07) is 10.9. The van der Waals surface area contributed by atoms with E-state index >= 15 is 0 Å². The zero-order chi connectivity index (χ0) is 22.3. The lowest BCUT2D eigenvalue weighted by atomic mass is 9.74. The van der Waals surface area contributed by atoms with Crippen LogP contribution >= 0.6 is 0 Å². The van der Waals surface area contributed by atoms with E-state index in [1.54, 1.807) is 0 Å². The molecule has 172 valence electrons. The first kappa shape index (κ1) is 23.8. The maximum atomic E-state index is 13.2. The summed E-state index contributed by atoms with van der Waals surface area (Å²) in [5.74, 6) is 0.315. The summed E-state index contributed by atoms with van der Waals surface area (Å²) < 4.78 is 5.49. The van der Waals surface area contributed by atoms with Crippen LogP contribution in [-0.4, -0.2) is 60.5 Å². The van der Waals surface area contributed by atoms with Crippen LogP contribution in [0.15, 0.2) is 30.3 Å². The summed E-state index contributed by atoms with van der Waals surface area (Å²) in [5, 5.41) is 0. The molecule has 2 saturated heterocycles. The number of likely N-dealkylation sites (tertiary alicyclic amines) is 2. The van der Waals surface area contributed by atoms with Gasteiger partial charge in [0.1, 0.15) is 0 Å². The highest BCUT2D eigenvalue weighted by Crippen LogP contribution is 2.39. The molecule has 31 heavy (non-hydrogen) atoms. The maximum Gasteiger partial charge on any atom is 0.312 e. The molecule has 2 fully saturated rings. The molecule has 5 heteroatoms. The third-order valence-corrected chi connectivity index (χ3v) is 7.24. The topological polar surface area (TPSA) is 49.9 Å². The molecule has 3 rings (SSSR count). The standard InChI is InChI=1S/C26H40N2O3/c1-4-31-25(30)26(14-8-12-22-10-6-5-7-11-22)15-18-27(19-16-26)24(29)23-13-9-17-28(20-23)21(2)3/h5-7,10-11,21,23H,4,8-9,12-20H2,1-3H3/t23-/m0/s1. The second-order valence-corrected chi connectivity index (χ2v) is 9.59. The minimum atomic E-state index is -0.446. The number of amides is 1. The first-order valence-corrected chi connectivity index (χ1v) is 12.2. The van der Waals surface area contributed by atoms with E-state index in [4.69, 9.17) is 4.74 Å². The molecule has 0 spiro atoms. The second kappa shape index (κ2) is 11.1. The van der Waals surface area contributed by atoms with Crippen molar-refractivity contribution in [2.75, 3.05) is 32.8 Å². The Morgan fingerprint density at radius 3 is 2.48 bits per heavy atom. The van der Waals surface area contributed by atoms with Crippen molar-refractivity contribution in [3.63, 3.8) is 0 Å². The average Bonchev–Trinajstić information content (AvgIpc) is 2.80. The Bertz CT molecular complexity index is 711. The first-order chi connectivity index (χ1) is 14.9. The first-order valence-electron chi connectivity index (χ1n) is 12.2. The molecule has 2 heterocycles. The number of aryl methyl sites for hydroxylation is 1. The van der Waals surface area contributed by atoms with Gasteiger partial charge >= 0.3 is 5.97 Å². The molecule has 0 aromatic heterocycles. The van der Waals surface area contributed by atoms with Crippen molar-refractivity contribution in [2.24, 2.45) is 11.3 Å². The van der Waals surface area contributed by atoms with Crippen LogP contribution in [0.5, 0.6) is 0 Å². The Morgan fingerprint density at radius 2 is 1.84 bits per heavy atom. The fraction of sp³-hybridized carbons (Fsp3) is 0.692. The molecule has 1 amide bonds. The molecule has 2 aliphatic rings. The van der Waals surface area contributed by atoms with Crippen LogP contribution < -0.4 is 0 Å². The van der Waals surface area contributed by atoms with E-state index in [0.717, 1.165) is 45.2 Å². The summed E-state index contributed by atoms with van der Waals surface area (Å²) >= 11 is 0. The van der Waals surface area contributed by atoms with Gasteiger partial charge in [0.05, 0.1) is 17.9 Å². The van der Waals surface area contributed by atoms with Gasteiger partial charge in [0.2, 0.25) is 5.91 Å². The van der Waals surface area contributed by atoms with E-state index in [-0.39, 0.29) is 17.8 Å². The van der Waals surface area contributed by atoms with Gasteiger partial charge < -0.3 is 14.5 Å². The van der Waals surface area contributed by atoms with Crippen molar-refractivity contribution in [2.45, 2.75) is 71.8 Å². The van der Waals surface area contributed by atoms with Gasteiger partial charge in [-0.05, 0) is 77.8 Å². The van der Waals surface area contributed by atoms with Gasteiger partial charge in [-0.2, -0.15) is 0 Å². The smallest absolute Gasteiger partial charge is 0.312 e. The van der Waals surface area contributed by atoms with Crippen LogP contribution in [0.25, 0.3) is 0 Å². The molecule has 5 nitrogen and oxygen atoms in total. The number of hydrogen-bond donors (Lipinski definition) is 0. The van der Waals surface area contributed by atoms with Crippen LogP contribution in [-0.2, 0) is 20.7 Å². The number of benzene rings is 1. The number of nitrogens with zero attached hydrogens (tertiary/aromatic N) is 2. The van der Waals surface area contributed by atoms with Crippen LogP contribution in [0.2, 0.25) is 0 Å². The summed E-state index contributed by atoms with van der Waals surface area (Å²) in [6.45, 7) is 9.99. The number of rotatable bonds is 8. The van der Waals surface area contributed by atoms with Crippen LogP contribution in [0.4, 0.5) is 0 Å². The summed E-state index contributed by atoms with van der Waals surface area (Å²) in [6.07, 6.45) is 6.26. The molecule has 1 aromatic rings. The van der Waals surface area contributed by atoms with Crippen molar-refractivity contribution >= 4 is 11.9 Å². The Labute approximate surface area is 188 Å². The van der Waals surface area contributed by atoms with Crippen molar-refractivity contribution in [1.82, 2.24) is 9.80 Å². The predicted octanol–water partition coefficient (Wildman–Crippen LogP) is 4.30. The van der Waals surface area contributed by atoms with Gasteiger partial charge in [-0.15, -0.1) is 0 Å². The predicted molar refractivity (Wildman–Crippen MR) is 124 cm³/mol. The highest BCUT2D eigenvalue weighted by atomic mass is 16.5. The molecule has 0 saturated carbocycles. The minimum Gasteiger partial charge on any atom is -0.466 e. The van der Waals surface area contributed by atoms with E-state index in [9.17, 15) is 9.59 Å². The SMILES string of the molecule is CCOC(=O)C1(CCCc2ccccc2)CCN(C(=O)[C@H]2CCCN(C(C)C)C2)CC1. The second-order valence-electron chi connectivity index (χ2n) is 9.59. The van der Waals surface area contributed by atoms with E-state index in [2.05, 4.69) is 43.0 Å². The zero-order valence-corrected chi connectivity index (χ0v) is 19.6. The van der Waals surface area contributed by atoms with Gasteiger partial charge in [0.15, 0.2) is 0 Å². The molecule has 1 atom stereocenters. The van der Waals surface area contributed by atoms with Crippen LogP contribution in [0.1, 0.15) is 64.9 Å². The summed E-state index contributed by atoms with van der Waals surface area (Å²) in [7, 11) is 0. The average molecular weight is 429 g/mol. The monoisotopic (exact) mass is 428 g/mol. The third-order valence-electron chi connectivity index (χ3n) is 7.24. The molecule has 0 bridgehead atoms. The Morgan fingerprint density at radius 1 is 1.13 bits per heavy atom. The number of carbonyl (C=O) groups is 2. The van der Waals surface area contributed by atoms with Gasteiger partial charge in [0.25, 0.3) is 0 Å². The number of ether oxygens (including phenoxy) is 1. The minimum absolute atomic E-state index is 0.0705. The van der Waals surface area contributed by atoms with Gasteiger partial charge in [-0.3, -0.25) is 9.59 Å². The highest BCUT2D eigenvalue weighted by molar-refractivity contribution is 5.81. The van der Waals surface area contributed by atoms with Crippen molar-refractivity contribution in [3.05, 3.63) is 35.9 Å². The van der Waals surface area contributed by atoms with Gasteiger partial charge in [0, 0.05) is 25.7 Å². The lowest BCUT2D eigenvalue weighted by molar-refractivity contribution is -0.161. The molecule has 0 unspecified atom stereocenters. The number of esters is 1. The molecule has 0 radical (unpaired) electrons. The normalized spacial score (nSPS) is 21.8. The van der Waals surface area contributed by atoms with Gasteiger partial charge in [-0.1, -0.05) is 30.3 Å². The Hall–Kier alpha value is -1.88.